The molecule has 7 heteroatoms. The monoisotopic (exact) mass is 247 g/mol. The number of hydrogen-bond donors (Lipinski definition) is 0. The first-order valence-electron chi connectivity index (χ1n) is 4.23. The Hall–Kier alpha value is -1.53. The highest BCUT2D eigenvalue weighted by molar-refractivity contribution is 6.33. The maximum absolute atomic E-state index is 10.7. The van der Waals surface area contributed by atoms with Crippen molar-refractivity contribution < 1.29 is 19.1 Å². The number of nitro benzene ring substituents is 1. The smallest absolute Gasteiger partial charge is 0.329 e. The fourth-order valence-corrected chi connectivity index (χ4v) is 1.36. The maximum atomic E-state index is 10.7. The van der Waals surface area contributed by atoms with E-state index < -0.39 is 4.92 Å². The van der Waals surface area contributed by atoms with Crippen LogP contribution in [0.2, 0.25) is 5.02 Å². The molecule has 0 aromatic heterocycles. The molecule has 0 amide bonds. The number of nitrogens with zero attached hydrogens (tertiary/aromatic N) is 1. The van der Waals surface area contributed by atoms with Crippen molar-refractivity contribution in [1.29, 1.82) is 0 Å². The van der Waals surface area contributed by atoms with Gasteiger partial charge in [0, 0.05) is 19.2 Å². The number of rotatable bonds is 5. The van der Waals surface area contributed by atoms with E-state index in [0.717, 1.165) is 0 Å². The van der Waals surface area contributed by atoms with Crippen LogP contribution >= 0.6 is 11.6 Å². The number of ether oxygens (including phenoxy) is 3. The summed E-state index contributed by atoms with van der Waals surface area (Å²) in [4.78, 5) is 10.1. The van der Waals surface area contributed by atoms with Crippen LogP contribution in [0.5, 0.6) is 11.5 Å². The summed E-state index contributed by atoms with van der Waals surface area (Å²) in [6, 6.07) is 2.71. The fraction of sp³-hybridized carbons (Fsp3) is 0.333. The fourth-order valence-electron chi connectivity index (χ4n) is 1.09. The van der Waals surface area contributed by atoms with Gasteiger partial charge in [0.05, 0.1) is 12.0 Å². The second kappa shape index (κ2) is 5.53. The summed E-state index contributed by atoms with van der Waals surface area (Å²) in [7, 11) is 2.78. The van der Waals surface area contributed by atoms with Gasteiger partial charge >= 0.3 is 5.69 Å². The van der Waals surface area contributed by atoms with Crippen molar-refractivity contribution in [2.75, 3.05) is 21.0 Å². The molecule has 0 fully saturated rings. The van der Waals surface area contributed by atoms with Gasteiger partial charge in [0.25, 0.3) is 0 Å². The molecule has 0 aliphatic rings. The van der Waals surface area contributed by atoms with E-state index in [9.17, 15) is 10.1 Å². The standard InChI is InChI=1S/C9H10ClNO5/c1-14-5-16-6-3-7(10)9(11(12)13)8(4-6)15-2/h3-4H,5H2,1-2H3. The number of hydrogen-bond acceptors (Lipinski definition) is 5. The molecule has 0 spiro atoms. The molecule has 1 aromatic rings. The number of halogens is 1. The van der Waals surface area contributed by atoms with Crippen LogP contribution in [0.1, 0.15) is 0 Å². The summed E-state index contributed by atoms with van der Waals surface area (Å²) in [6.45, 7) is 0.0251. The Labute approximate surface area is 96.8 Å². The lowest BCUT2D eigenvalue weighted by Gasteiger charge is -2.08. The van der Waals surface area contributed by atoms with Crippen molar-refractivity contribution >= 4 is 17.3 Å². The van der Waals surface area contributed by atoms with Crippen LogP contribution in [0, 0.1) is 10.1 Å². The van der Waals surface area contributed by atoms with E-state index in [1.54, 1.807) is 0 Å². The van der Waals surface area contributed by atoms with Crippen LogP contribution in [-0.2, 0) is 4.74 Å². The van der Waals surface area contributed by atoms with E-state index in [4.69, 9.17) is 25.8 Å². The first-order valence-corrected chi connectivity index (χ1v) is 4.61. The van der Waals surface area contributed by atoms with Gasteiger partial charge in [-0.3, -0.25) is 10.1 Å². The van der Waals surface area contributed by atoms with Gasteiger partial charge in [-0.05, 0) is 0 Å². The molecule has 16 heavy (non-hydrogen) atoms. The third-order valence-corrected chi connectivity index (χ3v) is 2.04. The summed E-state index contributed by atoms with van der Waals surface area (Å²) in [6.07, 6.45) is 0. The summed E-state index contributed by atoms with van der Waals surface area (Å²) in [5, 5.41) is 10.7. The van der Waals surface area contributed by atoms with Gasteiger partial charge in [-0.25, -0.2) is 0 Å². The Bertz CT molecular complexity index is 396. The van der Waals surface area contributed by atoms with Gasteiger partial charge < -0.3 is 14.2 Å². The van der Waals surface area contributed by atoms with Crippen LogP contribution < -0.4 is 9.47 Å². The molecule has 0 saturated carbocycles. The van der Waals surface area contributed by atoms with Crippen LogP contribution in [0.25, 0.3) is 0 Å². The van der Waals surface area contributed by atoms with Gasteiger partial charge in [-0.1, -0.05) is 11.6 Å². The summed E-state index contributed by atoms with van der Waals surface area (Å²) >= 11 is 5.74. The molecule has 0 atom stereocenters. The molecular weight excluding hydrogens is 238 g/mol. The molecule has 1 rings (SSSR count). The minimum atomic E-state index is -0.610. The van der Waals surface area contributed by atoms with Crippen LogP contribution in [0.3, 0.4) is 0 Å². The average molecular weight is 248 g/mol. The normalized spacial score (nSPS) is 9.94. The number of nitro groups is 1. The van der Waals surface area contributed by atoms with Crippen molar-refractivity contribution in [3.63, 3.8) is 0 Å². The Morgan fingerprint density at radius 3 is 2.62 bits per heavy atom. The zero-order valence-electron chi connectivity index (χ0n) is 8.73. The van der Waals surface area contributed by atoms with Gasteiger partial charge in [0.15, 0.2) is 6.79 Å². The van der Waals surface area contributed by atoms with Gasteiger partial charge in [0.2, 0.25) is 5.75 Å². The molecule has 0 radical (unpaired) electrons. The third kappa shape index (κ3) is 2.74. The van der Waals surface area contributed by atoms with Crippen LogP contribution in [0.15, 0.2) is 12.1 Å². The molecule has 0 saturated heterocycles. The summed E-state index contributed by atoms with van der Waals surface area (Å²) in [5.41, 5.74) is -0.283. The van der Waals surface area contributed by atoms with Gasteiger partial charge in [-0.15, -0.1) is 0 Å². The second-order valence-corrected chi connectivity index (χ2v) is 3.17. The highest BCUT2D eigenvalue weighted by atomic mass is 35.5. The summed E-state index contributed by atoms with van der Waals surface area (Å²) in [5.74, 6) is 0.387. The van der Waals surface area contributed by atoms with Gasteiger partial charge in [-0.2, -0.15) is 0 Å². The lowest BCUT2D eigenvalue weighted by molar-refractivity contribution is -0.385. The molecule has 88 valence electrons. The highest BCUT2D eigenvalue weighted by Gasteiger charge is 2.21. The first-order chi connectivity index (χ1) is 7.60. The average Bonchev–Trinajstić information content (AvgIpc) is 2.24. The minimum absolute atomic E-state index is 0.0251. The lowest BCUT2D eigenvalue weighted by Crippen LogP contribution is -2.01. The largest absolute Gasteiger partial charge is 0.490 e. The van der Waals surface area contributed by atoms with E-state index in [-0.39, 0.29) is 23.3 Å². The molecule has 0 heterocycles. The van der Waals surface area contributed by atoms with E-state index in [1.165, 1.54) is 26.4 Å². The highest BCUT2D eigenvalue weighted by Crippen LogP contribution is 2.38. The predicted octanol–water partition coefficient (Wildman–Crippen LogP) is 2.24. The van der Waals surface area contributed by atoms with E-state index in [1.807, 2.05) is 0 Å². The second-order valence-electron chi connectivity index (χ2n) is 2.76. The Morgan fingerprint density at radius 2 is 2.12 bits per heavy atom. The zero-order valence-corrected chi connectivity index (χ0v) is 9.48. The number of methoxy groups -OCH3 is 2. The van der Waals surface area contributed by atoms with Crippen molar-refractivity contribution in [2.24, 2.45) is 0 Å². The lowest BCUT2D eigenvalue weighted by atomic mass is 10.3. The Morgan fingerprint density at radius 1 is 1.44 bits per heavy atom. The predicted molar refractivity (Wildman–Crippen MR) is 57.2 cm³/mol. The van der Waals surface area contributed by atoms with Crippen molar-refractivity contribution in [3.05, 3.63) is 27.3 Å². The first kappa shape index (κ1) is 12.5. The van der Waals surface area contributed by atoms with Gasteiger partial charge in [0.1, 0.15) is 10.8 Å². The molecular formula is C9H10ClNO5. The number of benzene rings is 1. The third-order valence-electron chi connectivity index (χ3n) is 1.75. The quantitative estimate of drug-likeness (QED) is 0.453. The molecule has 0 bridgehead atoms. The molecule has 0 aliphatic carbocycles. The van der Waals surface area contributed by atoms with E-state index in [2.05, 4.69) is 0 Å². The molecule has 6 nitrogen and oxygen atoms in total. The SMILES string of the molecule is COCOc1cc(Cl)c([N+](=O)[O-])c(OC)c1. The maximum Gasteiger partial charge on any atom is 0.329 e. The zero-order chi connectivity index (χ0) is 12.1. The molecule has 1 aromatic carbocycles. The van der Waals surface area contributed by atoms with Crippen molar-refractivity contribution in [3.8, 4) is 11.5 Å². The van der Waals surface area contributed by atoms with Crippen molar-refractivity contribution in [1.82, 2.24) is 0 Å². The topological polar surface area (TPSA) is 70.8 Å². The van der Waals surface area contributed by atoms with Crippen molar-refractivity contribution in [2.45, 2.75) is 0 Å². The molecule has 0 N–H and O–H groups in total. The molecule has 0 unspecified atom stereocenters. The van der Waals surface area contributed by atoms with Crippen LogP contribution in [-0.4, -0.2) is 25.9 Å². The minimum Gasteiger partial charge on any atom is -0.490 e. The van der Waals surface area contributed by atoms with E-state index in [0.29, 0.717) is 5.75 Å². The molecule has 0 aliphatic heterocycles. The Balaban J connectivity index is 3.11. The Kier molecular flexibility index (Phi) is 4.33. The van der Waals surface area contributed by atoms with E-state index >= 15 is 0 Å². The summed E-state index contributed by atoms with van der Waals surface area (Å²) < 4.78 is 14.7. The van der Waals surface area contributed by atoms with Crippen LogP contribution in [0.4, 0.5) is 5.69 Å².